The van der Waals surface area contributed by atoms with Crippen molar-refractivity contribution in [2.45, 2.75) is 19.0 Å². The number of hydrogen-bond donors (Lipinski definition) is 3. The Labute approximate surface area is 124 Å². The van der Waals surface area contributed by atoms with Gasteiger partial charge in [0.15, 0.2) is 0 Å². The van der Waals surface area contributed by atoms with E-state index in [4.69, 9.17) is 0 Å². The number of carbonyl (C=O) groups excluding carboxylic acids is 1. The number of nitrogens with one attached hydrogen (secondary N) is 3. The molecular weight excluding hydrogens is 262 g/mol. The van der Waals surface area contributed by atoms with Gasteiger partial charge in [0.25, 0.3) is 0 Å². The Balaban J connectivity index is 1.50. The molecule has 1 heterocycles. The third-order valence-corrected chi connectivity index (χ3v) is 3.65. The highest BCUT2D eigenvalue weighted by Gasteiger charge is 2.19. The fourth-order valence-corrected chi connectivity index (χ4v) is 2.56. The molecule has 0 saturated carbocycles. The molecule has 1 aliphatic heterocycles. The fourth-order valence-electron chi connectivity index (χ4n) is 2.56. The van der Waals surface area contributed by atoms with E-state index < -0.39 is 0 Å². The Morgan fingerprint density at radius 1 is 1.10 bits per heavy atom. The van der Waals surface area contributed by atoms with E-state index in [1.165, 1.54) is 11.3 Å². The molecule has 0 aromatic heterocycles. The van der Waals surface area contributed by atoms with E-state index in [1.54, 1.807) is 0 Å². The van der Waals surface area contributed by atoms with Crippen molar-refractivity contribution in [1.82, 2.24) is 10.6 Å². The van der Waals surface area contributed by atoms with Gasteiger partial charge in [-0.1, -0.05) is 48.5 Å². The monoisotopic (exact) mass is 281 g/mol. The fraction of sp³-hybridized carbons (Fsp3) is 0.235. The number of anilines is 1. The molecule has 1 unspecified atom stereocenters. The second kappa shape index (κ2) is 6.31. The summed E-state index contributed by atoms with van der Waals surface area (Å²) in [4.78, 5) is 11.9. The number of hydrogen-bond acceptors (Lipinski definition) is 2. The van der Waals surface area contributed by atoms with E-state index in [0.717, 1.165) is 18.5 Å². The van der Waals surface area contributed by atoms with Gasteiger partial charge in [-0.25, -0.2) is 4.79 Å². The molecule has 0 radical (unpaired) electrons. The van der Waals surface area contributed by atoms with Crippen molar-refractivity contribution in [3.63, 3.8) is 0 Å². The van der Waals surface area contributed by atoms with Crippen LogP contribution >= 0.6 is 0 Å². The maximum atomic E-state index is 11.9. The Morgan fingerprint density at radius 3 is 2.71 bits per heavy atom. The summed E-state index contributed by atoms with van der Waals surface area (Å²) >= 11 is 0. The molecule has 0 bridgehead atoms. The molecule has 0 spiro atoms. The standard InChI is InChI=1S/C17H19N3O/c21-17(19-11-13-6-2-1-3-7-13)20-15-10-14-8-4-5-9-16(14)18-12-15/h1-9,15,18H,10-12H2,(H2,19,20,21). The van der Waals surface area contributed by atoms with Crippen LogP contribution < -0.4 is 16.0 Å². The van der Waals surface area contributed by atoms with E-state index in [9.17, 15) is 4.79 Å². The molecule has 0 saturated heterocycles. The quantitative estimate of drug-likeness (QED) is 0.809. The first kappa shape index (κ1) is 13.5. The lowest BCUT2D eigenvalue weighted by Crippen LogP contribution is -2.47. The number of amides is 2. The number of rotatable bonds is 3. The van der Waals surface area contributed by atoms with E-state index in [-0.39, 0.29) is 12.1 Å². The maximum Gasteiger partial charge on any atom is 0.315 e. The molecule has 4 heteroatoms. The summed E-state index contributed by atoms with van der Waals surface area (Å²) in [7, 11) is 0. The van der Waals surface area contributed by atoms with Crippen LogP contribution in [-0.2, 0) is 13.0 Å². The highest BCUT2D eigenvalue weighted by Crippen LogP contribution is 2.20. The summed E-state index contributed by atoms with van der Waals surface area (Å²) in [6.45, 7) is 1.30. The molecule has 2 aromatic carbocycles. The predicted molar refractivity (Wildman–Crippen MR) is 84.2 cm³/mol. The van der Waals surface area contributed by atoms with Gasteiger partial charge in [0.05, 0.1) is 6.04 Å². The summed E-state index contributed by atoms with van der Waals surface area (Å²) in [5.74, 6) is 0. The molecule has 2 amide bonds. The van der Waals surface area contributed by atoms with Gasteiger partial charge >= 0.3 is 6.03 Å². The molecule has 3 rings (SSSR count). The Hall–Kier alpha value is -2.49. The van der Waals surface area contributed by atoms with Crippen molar-refractivity contribution in [2.24, 2.45) is 0 Å². The molecular formula is C17H19N3O. The minimum absolute atomic E-state index is 0.120. The Morgan fingerprint density at radius 2 is 1.86 bits per heavy atom. The zero-order chi connectivity index (χ0) is 14.5. The van der Waals surface area contributed by atoms with Crippen molar-refractivity contribution in [1.29, 1.82) is 0 Å². The van der Waals surface area contributed by atoms with Gasteiger partial charge in [0.1, 0.15) is 0 Å². The molecule has 0 fully saturated rings. The molecule has 21 heavy (non-hydrogen) atoms. The summed E-state index contributed by atoms with van der Waals surface area (Å²) in [5.41, 5.74) is 3.51. The van der Waals surface area contributed by atoms with Gasteiger partial charge in [-0.3, -0.25) is 0 Å². The summed E-state index contributed by atoms with van der Waals surface area (Å²) in [5, 5.41) is 9.26. The van der Waals surface area contributed by atoms with E-state index in [0.29, 0.717) is 6.54 Å². The normalized spacial score (nSPS) is 16.5. The third-order valence-electron chi connectivity index (χ3n) is 3.65. The van der Waals surface area contributed by atoms with Crippen LogP contribution in [0.25, 0.3) is 0 Å². The predicted octanol–water partition coefficient (Wildman–Crippen LogP) is 2.52. The molecule has 2 aromatic rings. The number of urea groups is 1. The van der Waals surface area contributed by atoms with Crippen molar-refractivity contribution < 1.29 is 4.79 Å². The number of carbonyl (C=O) groups is 1. The van der Waals surface area contributed by atoms with Crippen molar-refractivity contribution in [3.05, 3.63) is 65.7 Å². The minimum atomic E-state index is -0.120. The lowest BCUT2D eigenvalue weighted by molar-refractivity contribution is 0.237. The first-order chi connectivity index (χ1) is 10.3. The van der Waals surface area contributed by atoms with Crippen molar-refractivity contribution in [3.8, 4) is 0 Å². The average Bonchev–Trinajstić information content (AvgIpc) is 2.54. The summed E-state index contributed by atoms with van der Waals surface area (Å²) < 4.78 is 0. The van der Waals surface area contributed by atoms with Crippen molar-refractivity contribution in [2.75, 3.05) is 11.9 Å². The molecule has 108 valence electrons. The zero-order valence-corrected chi connectivity index (χ0v) is 11.8. The van der Waals surface area contributed by atoms with Crippen LogP contribution in [0.1, 0.15) is 11.1 Å². The summed E-state index contributed by atoms with van der Waals surface area (Å²) in [6.07, 6.45) is 0.863. The second-order valence-corrected chi connectivity index (χ2v) is 5.25. The minimum Gasteiger partial charge on any atom is -0.383 e. The van der Waals surface area contributed by atoms with Crippen LogP contribution in [0.15, 0.2) is 54.6 Å². The number of fused-ring (bicyclic) bond motifs is 1. The summed E-state index contributed by atoms with van der Waals surface area (Å²) in [6, 6.07) is 18.1. The lowest BCUT2D eigenvalue weighted by Gasteiger charge is -2.27. The Kier molecular flexibility index (Phi) is 4.05. The van der Waals surface area contributed by atoms with Gasteiger partial charge in [0, 0.05) is 18.8 Å². The first-order valence-electron chi connectivity index (χ1n) is 7.21. The van der Waals surface area contributed by atoms with Gasteiger partial charge in [0.2, 0.25) is 0 Å². The van der Waals surface area contributed by atoms with Crippen molar-refractivity contribution >= 4 is 11.7 Å². The van der Waals surface area contributed by atoms with E-state index >= 15 is 0 Å². The molecule has 4 nitrogen and oxygen atoms in total. The van der Waals surface area contributed by atoms with Crippen LogP contribution in [0.3, 0.4) is 0 Å². The highest BCUT2D eigenvalue weighted by molar-refractivity contribution is 5.74. The SMILES string of the molecule is O=C(NCc1ccccc1)NC1CNc2ccccc2C1. The topological polar surface area (TPSA) is 53.2 Å². The molecule has 0 aliphatic carbocycles. The lowest BCUT2D eigenvalue weighted by atomic mass is 10.00. The number of para-hydroxylation sites is 1. The average molecular weight is 281 g/mol. The van der Waals surface area contributed by atoms with Gasteiger partial charge in [-0.15, -0.1) is 0 Å². The van der Waals surface area contributed by atoms with Crippen LogP contribution in [0.5, 0.6) is 0 Å². The highest BCUT2D eigenvalue weighted by atomic mass is 16.2. The number of benzene rings is 2. The van der Waals surface area contributed by atoms with Crippen LogP contribution in [0.4, 0.5) is 10.5 Å². The molecule has 1 aliphatic rings. The Bertz CT molecular complexity index is 612. The molecule has 1 atom stereocenters. The molecule has 3 N–H and O–H groups in total. The van der Waals surface area contributed by atoms with Crippen LogP contribution in [0.2, 0.25) is 0 Å². The second-order valence-electron chi connectivity index (χ2n) is 5.25. The van der Waals surface area contributed by atoms with Gasteiger partial charge in [-0.2, -0.15) is 0 Å². The smallest absolute Gasteiger partial charge is 0.315 e. The van der Waals surface area contributed by atoms with Crippen LogP contribution in [0, 0.1) is 0 Å². The first-order valence-corrected chi connectivity index (χ1v) is 7.21. The maximum absolute atomic E-state index is 11.9. The van der Waals surface area contributed by atoms with E-state index in [1.807, 2.05) is 42.5 Å². The van der Waals surface area contributed by atoms with E-state index in [2.05, 4.69) is 28.1 Å². The van der Waals surface area contributed by atoms with Gasteiger partial charge < -0.3 is 16.0 Å². The largest absolute Gasteiger partial charge is 0.383 e. The van der Waals surface area contributed by atoms with Gasteiger partial charge in [-0.05, 0) is 23.6 Å². The van der Waals surface area contributed by atoms with Crippen LogP contribution in [-0.4, -0.2) is 18.6 Å². The zero-order valence-electron chi connectivity index (χ0n) is 11.8. The third kappa shape index (κ3) is 3.54.